The van der Waals surface area contributed by atoms with Crippen LogP contribution in [0.4, 0.5) is 0 Å². The molecule has 1 unspecified atom stereocenters. The summed E-state index contributed by atoms with van der Waals surface area (Å²) in [6, 6.07) is 20.4. The minimum absolute atomic E-state index is 0.0140. The van der Waals surface area contributed by atoms with Crippen LogP contribution >= 0.6 is 0 Å². The lowest BCUT2D eigenvalue weighted by molar-refractivity contribution is -0.137. The molecule has 2 aromatic carbocycles. The van der Waals surface area contributed by atoms with Crippen LogP contribution in [-0.4, -0.2) is 24.0 Å². The predicted octanol–water partition coefficient (Wildman–Crippen LogP) is 4.03. The maximum absolute atomic E-state index is 12.8. The molecule has 0 spiro atoms. The monoisotopic (exact) mass is 323 g/mol. The van der Waals surface area contributed by atoms with Gasteiger partial charge in [0.15, 0.2) is 0 Å². The number of likely N-dealkylation sites (tertiary alicyclic amines) is 1. The van der Waals surface area contributed by atoms with Crippen LogP contribution in [0.1, 0.15) is 30.4 Å². The highest BCUT2D eigenvalue weighted by atomic mass is 16.5. The van der Waals surface area contributed by atoms with Gasteiger partial charge in [-0.25, -0.2) is 0 Å². The average molecular weight is 323 g/mol. The summed E-state index contributed by atoms with van der Waals surface area (Å²) in [5.74, 6) is 0.226. The zero-order chi connectivity index (χ0) is 16.6. The highest BCUT2D eigenvalue weighted by molar-refractivity contribution is 5.79. The van der Waals surface area contributed by atoms with Crippen molar-refractivity contribution in [2.24, 2.45) is 5.92 Å². The van der Waals surface area contributed by atoms with Gasteiger partial charge in [0, 0.05) is 13.1 Å². The molecule has 126 valence electrons. The van der Waals surface area contributed by atoms with Crippen LogP contribution in [0.3, 0.4) is 0 Å². The van der Waals surface area contributed by atoms with Crippen molar-refractivity contribution in [2.75, 3.05) is 13.2 Å². The molecule has 0 aromatic heterocycles. The van der Waals surface area contributed by atoms with Crippen LogP contribution in [0.15, 0.2) is 60.7 Å². The van der Waals surface area contributed by atoms with Crippen LogP contribution in [0.5, 0.6) is 0 Å². The fourth-order valence-electron chi connectivity index (χ4n) is 3.19. The topological polar surface area (TPSA) is 29.5 Å². The number of amides is 1. The largest absolute Gasteiger partial charge is 0.376 e. The second-order valence-electron chi connectivity index (χ2n) is 6.44. The number of hydrogen-bond acceptors (Lipinski definition) is 2. The first-order valence-corrected chi connectivity index (χ1v) is 8.77. The summed E-state index contributed by atoms with van der Waals surface area (Å²) < 4.78 is 5.84. The van der Waals surface area contributed by atoms with E-state index in [1.807, 2.05) is 41.3 Å². The van der Waals surface area contributed by atoms with E-state index in [4.69, 9.17) is 4.74 Å². The third kappa shape index (κ3) is 4.68. The summed E-state index contributed by atoms with van der Waals surface area (Å²) >= 11 is 0. The molecular weight excluding hydrogens is 298 g/mol. The van der Waals surface area contributed by atoms with Gasteiger partial charge in [-0.15, -0.1) is 0 Å². The van der Waals surface area contributed by atoms with Crippen molar-refractivity contribution in [2.45, 2.75) is 32.4 Å². The van der Waals surface area contributed by atoms with E-state index in [1.165, 1.54) is 5.56 Å². The van der Waals surface area contributed by atoms with Crippen molar-refractivity contribution in [3.63, 3.8) is 0 Å². The van der Waals surface area contributed by atoms with Crippen molar-refractivity contribution in [1.82, 2.24) is 4.90 Å². The first kappa shape index (κ1) is 16.7. The second kappa shape index (κ2) is 8.65. The van der Waals surface area contributed by atoms with E-state index in [9.17, 15) is 4.79 Å². The summed E-state index contributed by atoms with van der Waals surface area (Å²) in [6.45, 7) is 2.64. The molecule has 1 atom stereocenters. The van der Waals surface area contributed by atoms with E-state index in [0.29, 0.717) is 19.8 Å². The quantitative estimate of drug-likeness (QED) is 0.803. The Morgan fingerprint density at radius 2 is 1.58 bits per heavy atom. The lowest BCUT2D eigenvalue weighted by Crippen LogP contribution is -2.36. The van der Waals surface area contributed by atoms with Crippen molar-refractivity contribution >= 4 is 5.91 Å². The lowest BCUT2D eigenvalue weighted by Gasteiger charge is -2.24. The fourth-order valence-corrected chi connectivity index (χ4v) is 3.19. The predicted molar refractivity (Wildman–Crippen MR) is 95.3 cm³/mol. The average Bonchev–Trinajstić information content (AvgIpc) is 2.80. The summed E-state index contributed by atoms with van der Waals surface area (Å²) in [5.41, 5.74) is 2.34. The summed E-state index contributed by atoms with van der Waals surface area (Å²) in [6.07, 6.45) is 3.10. The van der Waals surface area contributed by atoms with Crippen LogP contribution in [-0.2, 0) is 22.7 Å². The molecule has 0 bridgehead atoms. The van der Waals surface area contributed by atoms with Gasteiger partial charge in [-0.05, 0) is 24.0 Å². The van der Waals surface area contributed by atoms with E-state index >= 15 is 0 Å². The molecule has 1 heterocycles. The van der Waals surface area contributed by atoms with Crippen molar-refractivity contribution in [1.29, 1.82) is 0 Å². The number of benzene rings is 2. The number of carbonyl (C=O) groups excluding carboxylic acids is 1. The highest BCUT2D eigenvalue weighted by Crippen LogP contribution is 2.20. The SMILES string of the molecule is O=C1C(COCc2ccccc2)CCCCN1Cc1ccccc1. The highest BCUT2D eigenvalue weighted by Gasteiger charge is 2.27. The molecule has 0 saturated carbocycles. The molecule has 0 radical (unpaired) electrons. The Morgan fingerprint density at radius 1 is 0.917 bits per heavy atom. The first-order valence-electron chi connectivity index (χ1n) is 8.77. The zero-order valence-corrected chi connectivity index (χ0v) is 14.1. The molecule has 3 rings (SSSR count). The van der Waals surface area contributed by atoms with Gasteiger partial charge in [-0.1, -0.05) is 67.1 Å². The maximum atomic E-state index is 12.8. The van der Waals surface area contributed by atoms with E-state index in [2.05, 4.69) is 24.3 Å². The van der Waals surface area contributed by atoms with Gasteiger partial charge in [0.05, 0.1) is 19.1 Å². The zero-order valence-electron chi connectivity index (χ0n) is 14.1. The number of ether oxygens (including phenoxy) is 1. The van der Waals surface area contributed by atoms with Gasteiger partial charge in [0.1, 0.15) is 0 Å². The van der Waals surface area contributed by atoms with E-state index in [1.54, 1.807) is 0 Å². The third-order valence-corrected chi connectivity index (χ3v) is 4.54. The van der Waals surface area contributed by atoms with E-state index < -0.39 is 0 Å². The molecule has 2 aromatic rings. The Hall–Kier alpha value is -2.13. The van der Waals surface area contributed by atoms with Gasteiger partial charge in [0.25, 0.3) is 0 Å². The number of hydrogen-bond donors (Lipinski definition) is 0. The normalized spacial score (nSPS) is 18.4. The third-order valence-electron chi connectivity index (χ3n) is 4.54. The fraction of sp³-hybridized carbons (Fsp3) is 0.381. The Kier molecular flexibility index (Phi) is 6.02. The standard InChI is InChI=1S/C21H25NO2/c23-21-20(17-24-16-19-11-5-2-6-12-19)13-7-8-14-22(21)15-18-9-3-1-4-10-18/h1-6,9-12,20H,7-8,13-17H2. The summed E-state index contributed by atoms with van der Waals surface area (Å²) in [7, 11) is 0. The summed E-state index contributed by atoms with van der Waals surface area (Å²) in [4.78, 5) is 14.8. The molecule has 0 aliphatic carbocycles. The molecule has 1 fully saturated rings. The molecule has 3 heteroatoms. The molecule has 3 nitrogen and oxygen atoms in total. The Balaban J connectivity index is 1.55. The smallest absolute Gasteiger partial charge is 0.228 e. The molecule has 1 amide bonds. The van der Waals surface area contributed by atoms with Crippen LogP contribution in [0.25, 0.3) is 0 Å². The minimum Gasteiger partial charge on any atom is -0.376 e. The van der Waals surface area contributed by atoms with Gasteiger partial charge >= 0.3 is 0 Å². The Labute approximate surface area is 144 Å². The minimum atomic E-state index is -0.0140. The van der Waals surface area contributed by atoms with Crippen LogP contribution in [0.2, 0.25) is 0 Å². The van der Waals surface area contributed by atoms with E-state index in [-0.39, 0.29) is 11.8 Å². The summed E-state index contributed by atoms with van der Waals surface area (Å²) in [5, 5.41) is 0. The van der Waals surface area contributed by atoms with Crippen molar-refractivity contribution in [3.8, 4) is 0 Å². The molecule has 24 heavy (non-hydrogen) atoms. The van der Waals surface area contributed by atoms with Gasteiger partial charge in [0.2, 0.25) is 5.91 Å². The molecule has 0 N–H and O–H groups in total. The van der Waals surface area contributed by atoms with Gasteiger partial charge in [-0.2, -0.15) is 0 Å². The van der Waals surface area contributed by atoms with Crippen LogP contribution in [0, 0.1) is 5.92 Å². The van der Waals surface area contributed by atoms with Crippen molar-refractivity contribution in [3.05, 3.63) is 71.8 Å². The van der Waals surface area contributed by atoms with E-state index in [0.717, 1.165) is 31.4 Å². The van der Waals surface area contributed by atoms with Gasteiger partial charge in [-0.3, -0.25) is 4.79 Å². The molecule has 1 aliphatic rings. The van der Waals surface area contributed by atoms with Gasteiger partial charge < -0.3 is 9.64 Å². The maximum Gasteiger partial charge on any atom is 0.228 e. The molecule has 1 saturated heterocycles. The van der Waals surface area contributed by atoms with Crippen LogP contribution < -0.4 is 0 Å². The number of rotatable bonds is 6. The number of carbonyl (C=O) groups is 1. The van der Waals surface area contributed by atoms with Crippen molar-refractivity contribution < 1.29 is 9.53 Å². The first-order chi connectivity index (χ1) is 11.8. The second-order valence-corrected chi connectivity index (χ2v) is 6.44. The molecular formula is C21H25NO2. The Bertz CT molecular complexity index is 627. The number of nitrogens with zero attached hydrogens (tertiary/aromatic N) is 1. The molecule has 1 aliphatic heterocycles. The lowest BCUT2D eigenvalue weighted by atomic mass is 10.0. The Morgan fingerprint density at radius 3 is 2.29 bits per heavy atom.